The standard InChI is InChI=1S/C17H17ClN2O3/c1-23-17(22)12-5-7-14(8-6-12)20-16(21)9-10-19-15-4-2-3-13(18)11-15/h2-8,11,19H,9-10H2,1H3,(H,20,21). The number of carbonyl (C=O) groups excluding carboxylic acids is 2. The quantitative estimate of drug-likeness (QED) is 0.794. The summed E-state index contributed by atoms with van der Waals surface area (Å²) in [6.07, 6.45) is 0.311. The summed E-state index contributed by atoms with van der Waals surface area (Å²) in [6.45, 7) is 0.492. The van der Waals surface area contributed by atoms with Crippen LogP contribution >= 0.6 is 11.6 Å². The molecule has 0 aromatic heterocycles. The topological polar surface area (TPSA) is 67.4 Å². The molecular formula is C17H17ClN2O3. The fraction of sp³-hybridized carbons (Fsp3) is 0.176. The van der Waals surface area contributed by atoms with E-state index < -0.39 is 5.97 Å². The van der Waals surface area contributed by atoms with Crippen LogP contribution in [0.1, 0.15) is 16.8 Å². The Bertz CT molecular complexity index is 686. The van der Waals surface area contributed by atoms with Crippen LogP contribution in [0, 0.1) is 0 Å². The van der Waals surface area contributed by atoms with Crippen molar-refractivity contribution in [1.82, 2.24) is 0 Å². The van der Waals surface area contributed by atoms with Crippen LogP contribution in [-0.4, -0.2) is 25.5 Å². The molecule has 0 atom stereocenters. The molecule has 0 heterocycles. The number of amides is 1. The zero-order chi connectivity index (χ0) is 16.7. The van der Waals surface area contributed by atoms with E-state index in [1.807, 2.05) is 12.1 Å². The van der Waals surface area contributed by atoms with Gasteiger partial charge in [0.1, 0.15) is 0 Å². The van der Waals surface area contributed by atoms with Crippen molar-refractivity contribution in [3.63, 3.8) is 0 Å². The number of hydrogen-bond donors (Lipinski definition) is 2. The van der Waals surface area contributed by atoms with Gasteiger partial charge in [-0.2, -0.15) is 0 Å². The predicted molar refractivity (Wildman–Crippen MR) is 91.0 cm³/mol. The average Bonchev–Trinajstić information content (AvgIpc) is 2.55. The van der Waals surface area contributed by atoms with Gasteiger partial charge in [-0.3, -0.25) is 4.79 Å². The Labute approximate surface area is 139 Å². The zero-order valence-electron chi connectivity index (χ0n) is 12.6. The van der Waals surface area contributed by atoms with E-state index in [4.69, 9.17) is 11.6 Å². The highest BCUT2D eigenvalue weighted by atomic mass is 35.5. The number of nitrogens with one attached hydrogen (secondary N) is 2. The monoisotopic (exact) mass is 332 g/mol. The lowest BCUT2D eigenvalue weighted by Gasteiger charge is -2.08. The Balaban J connectivity index is 1.79. The SMILES string of the molecule is COC(=O)c1ccc(NC(=O)CCNc2cccc(Cl)c2)cc1. The first-order valence-electron chi connectivity index (χ1n) is 7.06. The third kappa shape index (κ3) is 5.30. The maximum absolute atomic E-state index is 11.9. The first-order chi connectivity index (χ1) is 11.1. The van der Waals surface area contributed by atoms with Gasteiger partial charge in [0.2, 0.25) is 5.91 Å². The van der Waals surface area contributed by atoms with Gasteiger partial charge in [-0.1, -0.05) is 17.7 Å². The number of esters is 1. The number of rotatable bonds is 6. The number of halogens is 1. The molecule has 0 aliphatic rings. The Morgan fingerprint density at radius 2 is 1.83 bits per heavy atom. The number of methoxy groups -OCH3 is 1. The molecule has 0 radical (unpaired) electrons. The van der Waals surface area contributed by atoms with E-state index in [0.717, 1.165) is 5.69 Å². The van der Waals surface area contributed by atoms with Crippen LogP contribution in [0.25, 0.3) is 0 Å². The van der Waals surface area contributed by atoms with Crippen LogP contribution < -0.4 is 10.6 Å². The van der Waals surface area contributed by atoms with E-state index in [1.165, 1.54) is 7.11 Å². The van der Waals surface area contributed by atoms with Gasteiger partial charge in [-0.15, -0.1) is 0 Å². The summed E-state index contributed by atoms with van der Waals surface area (Å²) in [6, 6.07) is 13.8. The van der Waals surface area contributed by atoms with E-state index in [1.54, 1.807) is 36.4 Å². The average molecular weight is 333 g/mol. The van der Waals surface area contributed by atoms with Gasteiger partial charge in [0.25, 0.3) is 0 Å². The number of hydrogen-bond acceptors (Lipinski definition) is 4. The Kier molecular flexibility index (Phi) is 6.00. The molecule has 0 bridgehead atoms. The highest BCUT2D eigenvalue weighted by molar-refractivity contribution is 6.30. The van der Waals surface area contributed by atoms with Gasteiger partial charge in [-0.25, -0.2) is 4.79 Å². The Morgan fingerprint density at radius 1 is 1.09 bits per heavy atom. The molecule has 5 nitrogen and oxygen atoms in total. The van der Waals surface area contributed by atoms with Crippen molar-refractivity contribution in [3.05, 3.63) is 59.1 Å². The third-order valence-electron chi connectivity index (χ3n) is 3.10. The first kappa shape index (κ1) is 16.8. The molecule has 0 aliphatic heterocycles. The second-order valence-corrected chi connectivity index (χ2v) is 5.24. The lowest BCUT2D eigenvalue weighted by molar-refractivity contribution is -0.115. The van der Waals surface area contributed by atoms with Crippen LogP contribution in [0.5, 0.6) is 0 Å². The molecule has 120 valence electrons. The lowest BCUT2D eigenvalue weighted by Crippen LogP contribution is -2.16. The van der Waals surface area contributed by atoms with Crippen molar-refractivity contribution in [2.24, 2.45) is 0 Å². The van der Waals surface area contributed by atoms with E-state index in [-0.39, 0.29) is 5.91 Å². The predicted octanol–water partition coefficient (Wildman–Crippen LogP) is 3.57. The number of carbonyl (C=O) groups is 2. The van der Waals surface area contributed by atoms with Crippen molar-refractivity contribution in [3.8, 4) is 0 Å². The summed E-state index contributed by atoms with van der Waals surface area (Å²) in [7, 11) is 1.32. The second-order valence-electron chi connectivity index (χ2n) is 4.80. The number of anilines is 2. The van der Waals surface area contributed by atoms with Gasteiger partial charge in [0.05, 0.1) is 12.7 Å². The molecule has 0 spiro atoms. The second kappa shape index (κ2) is 8.19. The van der Waals surface area contributed by atoms with Crippen molar-refractivity contribution < 1.29 is 14.3 Å². The molecule has 6 heteroatoms. The summed E-state index contributed by atoms with van der Waals surface area (Å²) in [5.74, 6) is -0.529. The Morgan fingerprint density at radius 3 is 2.48 bits per heavy atom. The van der Waals surface area contributed by atoms with Gasteiger partial charge in [-0.05, 0) is 42.5 Å². The molecule has 2 N–H and O–H groups in total. The highest BCUT2D eigenvalue weighted by Gasteiger charge is 2.06. The van der Waals surface area contributed by atoms with Crippen LogP contribution in [0.3, 0.4) is 0 Å². The molecule has 23 heavy (non-hydrogen) atoms. The largest absolute Gasteiger partial charge is 0.465 e. The van der Waals surface area contributed by atoms with Crippen molar-refractivity contribution in [1.29, 1.82) is 0 Å². The van der Waals surface area contributed by atoms with Crippen LogP contribution in [0.4, 0.5) is 11.4 Å². The summed E-state index contributed by atoms with van der Waals surface area (Å²) in [5.41, 5.74) is 1.94. The van der Waals surface area contributed by atoms with Gasteiger partial charge < -0.3 is 15.4 Å². The van der Waals surface area contributed by atoms with Crippen molar-refractivity contribution in [2.45, 2.75) is 6.42 Å². The van der Waals surface area contributed by atoms with E-state index in [2.05, 4.69) is 15.4 Å². The third-order valence-corrected chi connectivity index (χ3v) is 3.33. The minimum Gasteiger partial charge on any atom is -0.465 e. The van der Waals surface area contributed by atoms with E-state index in [0.29, 0.717) is 29.2 Å². The number of ether oxygens (including phenoxy) is 1. The summed E-state index contributed by atoms with van der Waals surface area (Å²) in [5, 5.41) is 6.54. The molecule has 2 aromatic carbocycles. The molecule has 0 aliphatic carbocycles. The van der Waals surface area contributed by atoms with E-state index in [9.17, 15) is 9.59 Å². The van der Waals surface area contributed by atoms with Crippen molar-refractivity contribution in [2.75, 3.05) is 24.3 Å². The molecule has 2 rings (SSSR count). The maximum atomic E-state index is 11.9. The highest BCUT2D eigenvalue weighted by Crippen LogP contribution is 2.15. The fourth-order valence-electron chi connectivity index (χ4n) is 1.95. The molecule has 0 saturated heterocycles. The zero-order valence-corrected chi connectivity index (χ0v) is 13.4. The van der Waals surface area contributed by atoms with Crippen LogP contribution in [0.15, 0.2) is 48.5 Å². The first-order valence-corrected chi connectivity index (χ1v) is 7.44. The fourth-order valence-corrected chi connectivity index (χ4v) is 2.14. The van der Waals surface area contributed by atoms with Gasteiger partial charge in [0, 0.05) is 29.4 Å². The minimum atomic E-state index is -0.409. The molecule has 0 saturated carbocycles. The maximum Gasteiger partial charge on any atom is 0.337 e. The normalized spacial score (nSPS) is 10.0. The molecule has 1 amide bonds. The molecule has 2 aromatic rings. The minimum absolute atomic E-state index is 0.120. The smallest absolute Gasteiger partial charge is 0.337 e. The van der Waals surface area contributed by atoms with Gasteiger partial charge in [0.15, 0.2) is 0 Å². The molecule has 0 fully saturated rings. The van der Waals surface area contributed by atoms with Gasteiger partial charge >= 0.3 is 5.97 Å². The van der Waals surface area contributed by atoms with Crippen molar-refractivity contribution >= 4 is 34.9 Å². The van der Waals surface area contributed by atoms with E-state index >= 15 is 0 Å². The molecule has 0 unspecified atom stereocenters. The van der Waals surface area contributed by atoms with Crippen LogP contribution in [-0.2, 0) is 9.53 Å². The summed E-state index contributed by atoms with van der Waals surface area (Å²) < 4.78 is 4.62. The lowest BCUT2D eigenvalue weighted by atomic mass is 10.2. The number of benzene rings is 2. The van der Waals surface area contributed by atoms with Crippen LogP contribution in [0.2, 0.25) is 5.02 Å². The molecular weight excluding hydrogens is 316 g/mol. The summed E-state index contributed by atoms with van der Waals surface area (Å²) in [4.78, 5) is 23.2. The summed E-state index contributed by atoms with van der Waals surface area (Å²) >= 11 is 5.89. The Hall–Kier alpha value is -2.53.